The normalized spacial score (nSPS) is 19.4. The molecule has 0 N–H and O–H groups in total. The van der Waals surface area contributed by atoms with Gasteiger partial charge in [-0.25, -0.2) is 0 Å². The van der Waals surface area contributed by atoms with Gasteiger partial charge >= 0.3 is 0 Å². The van der Waals surface area contributed by atoms with E-state index in [4.69, 9.17) is 13.1 Å². The number of nitrogens with zero attached hydrogens (tertiary/aromatic N) is 4. The van der Waals surface area contributed by atoms with Crippen LogP contribution in [0.15, 0.2) is 24.3 Å². The van der Waals surface area contributed by atoms with E-state index < -0.39 is 0 Å². The minimum atomic E-state index is 0.304. The number of fused-ring (bicyclic) bond motifs is 6. The molecule has 4 heteroatoms. The van der Waals surface area contributed by atoms with E-state index in [0.29, 0.717) is 34.3 Å². The largest absolute Gasteiger partial charge is 0.250 e. The summed E-state index contributed by atoms with van der Waals surface area (Å²) in [5.41, 5.74) is 6.35. The Morgan fingerprint density at radius 2 is 1.32 bits per heavy atom. The fraction of sp³-hybridized carbons (Fsp3) is 0.238. The highest BCUT2D eigenvalue weighted by Gasteiger charge is 2.35. The summed E-state index contributed by atoms with van der Waals surface area (Å²) >= 11 is 0. The molecule has 0 spiro atoms. The van der Waals surface area contributed by atoms with Gasteiger partial charge < -0.3 is 0 Å². The molecule has 0 fully saturated rings. The lowest BCUT2D eigenvalue weighted by Gasteiger charge is -2.38. The molecule has 0 saturated heterocycles. The predicted octanol–water partition coefficient (Wildman–Crippen LogP) is 4.90. The molecule has 2 aromatic carbocycles. The van der Waals surface area contributed by atoms with Crippen molar-refractivity contribution < 1.29 is 0 Å². The van der Waals surface area contributed by atoms with Gasteiger partial charge in [-0.2, -0.15) is 10.5 Å². The summed E-state index contributed by atoms with van der Waals surface area (Å²) in [6, 6.07) is 11.7. The van der Waals surface area contributed by atoms with E-state index in [1.165, 1.54) is 5.56 Å². The lowest BCUT2D eigenvalue weighted by Crippen LogP contribution is -2.25. The Kier molecular flexibility index (Phi) is 3.28. The summed E-state index contributed by atoms with van der Waals surface area (Å²) in [6.07, 6.45) is 2.62. The lowest BCUT2D eigenvalue weighted by atomic mass is 9.66. The second-order valence-corrected chi connectivity index (χ2v) is 6.62. The molecule has 4 nitrogen and oxygen atoms in total. The van der Waals surface area contributed by atoms with Crippen LogP contribution in [0.5, 0.6) is 0 Å². The van der Waals surface area contributed by atoms with E-state index in [-0.39, 0.29) is 0 Å². The second kappa shape index (κ2) is 5.49. The second-order valence-electron chi connectivity index (χ2n) is 6.62. The number of hydrogen-bond acceptors (Lipinski definition) is 2. The van der Waals surface area contributed by atoms with E-state index in [9.17, 15) is 10.5 Å². The van der Waals surface area contributed by atoms with Gasteiger partial charge in [-0.15, -0.1) is 0 Å². The summed E-state index contributed by atoms with van der Waals surface area (Å²) in [5.74, 6) is 0.611. The monoisotopic (exact) mass is 320 g/mol. The minimum Gasteiger partial charge on any atom is -0.250 e. The highest BCUT2D eigenvalue weighted by atomic mass is 14.8. The SMILES string of the molecule is [C-]#[N+]c1cc2c(cc1[N+]#[C-])C1Cc3cc(C#N)c(C#N)cc3C(C2)C1. The maximum atomic E-state index is 9.30. The summed E-state index contributed by atoms with van der Waals surface area (Å²) in [7, 11) is 0. The number of nitriles is 2. The Morgan fingerprint density at radius 3 is 1.92 bits per heavy atom. The zero-order chi connectivity index (χ0) is 17.6. The van der Waals surface area contributed by atoms with Gasteiger partial charge in [-0.1, -0.05) is 23.3 Å². The van der Waals surface area contributed by atoms with Crippen LogP contribution in [-0.2, 0) is 12.8 Å². The van der Waals surface area contributed by atoms with Crippen LogP contribution in [0, 0.1) is 35.8 Å². The van der Waals surface area contributed by atoms with E-state index >= 15 is 0 Å². The van der Waals surface area contributed by atoms with E-state index in [1.54, 1.807) is 0 Å². The highest BCUT2D eigenvalue weighted by molar-refractivity contribution is 5.73. The summed E-state index contributed by atoms with van der Waals surface area (Å²) in [6.45, 7) is 14.6. The summed E-state index contributed by atoms with van der Waals surface area (Å²) < 4.78 is 0. The van der Waals surface area contributed by atoms with Crippen LogP contribution in [0.4, 0.5) is 11.4 Å². The molecule has 2 aliphatic rings. The van der Waals surface area contributed by atoms with Crippen molar-refractivity contribution in [2.24, 2.45) is 0 Å². The van der Waals surface area contributed by atoms with Gasteiger partial charge in [0.05, 0.1) is 24.3 Å². The Labute approximate surface area is 146 Å². The number of benzene rings is 2. The van der Waals surface area contributed by atoms with Crippen LogP contribution in [0.3, 0.4) is 0 Å². The van der Waals surface area contributed by atoms with Crippen LogP contribution in [0.25, 0.3) is 9.69 Å². The first-order valence-corrected chi connectivity index (χ1v) is 8.07. The van der Waals surface area contributed by atoms with E-state index in [2.05, 4.69) is 21.8 Å². The molecule has 0 radical (unpaired) electrons. The molecule has 2 aromatic rings. The molecule has 25 heavy (non-hydrogen) atoms. The Morgan fingerprint density at radius 1 is 0.800 bits per heavy atom. The first-order chi connectivity index (χ1) is 12.2. The topological polar surface area (TPSA) is 56.3 Å². The lowest BCUT2D eigenvalue weighted by molar-refractivity contribution is 0.458. The third-order valence-corrected chi connectivity index (χ3v) is 5.38. The van der Waals surface area contributed by atoms with Crippen LogP contribution < -0.4 is 0 Å². The van der Waals surface area contributed by atoms with Crippen LogP contribution in [0.1, 0.15) is 51.6 Å². The van der Waals surface area contributed by atoms with Gasteiger partial charge in [0.15, 0.2) is 11.4 Å². The average molecular weight is 320 g/mol. The number of rotatable bonds is 0. The van der Waals surface area contributed by atoms with Crippen molar-refractivity contribution in [2.45, 2.75) is 31.1 Å². The highest BCUT2D eigenvalue weighted by Crippen LogP contribution is 2.49. The predicted molar refractivity (Wildman–Crippen MR) is 92.3 cm³/mol. The van der Waals surface area contributed by atoms with Gasteiger partial charge in [0.25, 0.3) is 0 Å². The van der Waals surface area contributed by atoms with E-state index in [0.717, 1.165) is 36.0 Å². The van der Waals surface area contributed by atoms with Crippen LogP contribution >= 0.6 is 0 Å². The molecule has 0 heterocycles. The van der Waals surface area contributed by atoms with Crippen molar-refractivity contribution >= 4 is 11.4 Å². The first kappa shape index (κ1) is 15.0. The molecule has 116 valence electrons. The zero-order valence-electron chi connectivity index (χ0n) is 13.4. The molecule has 0 aromatic heterocycles. The summed E-state index contributed by atoms with van der Waals surface area (Å²) in [4.78, 5) is 7.00. The fourth-order valence-corrected chi connectivity index (χ4v) is 4.29. The van der Waals surface area contributed by atoms with Crippen molar-refractivity contribution in [3.63, 3.8) is 0 Å². The van der Waals surface area contributed by atoms with Crippen LogP contribution in [0.2, 0.25) is 0 Å². The van der Waals surface area contributed by atoms with Crippen molar-refractivity contribution in [1.82, 2.24) is 0 Å². The number of hydrogen-bond donors (Lipinski definition) is 0. The zero-order valence-corrected chi connectivity index (χ0v) is 13.4. The average Bonchev–Trinajstić information content (AvgIpc) is 2.66. The maximum absolute atomic E-state index is 9.30. The van der Waals surface area contributed by atoms with Crippen molar-refractivity contribution in [3.8, 4) is 12.1 Å². The molecule has 2 unspecified atom stereocenters. The Balaban J connectivity index is 1.86. The van der Waals surface area contributed by atoms with Crippen molar-refractivity contribution in [1.29, 1.82) is 10.5 Å². The van der Waals surface area contributed by atoms with Crippen LogP contribution in [-0.4, -0.2) is 0 Å². The third-order valence-electron chi connectivity index (χ3n) is 5.38. The van der Waals surface area contributed by atoms with Gasteiger partial charge in [-0.05, 0) is 54.4 Å². The minimum absolute atomic E-state index is 0.304. The van der Waals surface area contributed by atoms with Gasteiger partial charge in [0.1, 0.15) is 12.1 Å². The Bertz CT molecular complexity index is 996. The quantitative estimate of drug-likeness (QED) is 0.648. The van der Waals surface area contributed by atoms with Gasteiger partial charge in [-0.3, -0.25) is 9.69 Å². The van der Waals surface area contributed by atoms with Gasteiger partial charge in [0.2, 0.25) is 0 Å². The van der Waals surface area contributed by atoms with E-state index in [1.807, 2.05) is 24.3 Å². The standard InChI is InChI=1S/C21H12N4/c1-24-20-8-15-5-12-3-13(19(15)9-21(20)25-2)4-14-6-16(10-22)17(11-23)7-18(12)14/h6-9,12-13H,3-5H2. The maximum Gasteiger partial charge on any atom is 0.194 e. The molecular formula is C21H12N4. The molecule has 4 rings (SSSR count). The Hall–Kier alpha value is -3.60. The molecular weight excluding hydrogens is 308 g/mol. The molecule has 0 aliphatic heterocycles. The molecule has 2 bridgehead atoms. The van der Waals surface area contributed by atoms with Crippen molar-refractivity contribution in [2.75, 3.05) is 0 Å². The molecule has 2 aliphatic carbocycles. The van der Waals surface area contributed by atoms with Crippen molar-refractivity contribution in [3.05, 3.63) is 80.5 Å². The fourth-order valence-electron chi connectivity index (χ4n) is 4.29. The molecule has 0 saturated carbocycles. The summed E-state index contributed by atoms with van der Waals surface area (Å²) in [5, 5.41) is 18.6. The molecule has 2 atom stereocenters. The van der Waals surface area contributed by atoms with Gasteiger partial charge in [0, 0.05) is 0 Å². The third kappa shape index (κ3) is 2.17. The smallest absolute Gasteiger partial charge is 0.194 e. The first-order valence-electron chi connectivity index (χ1n) is 8.07. The molecule has 0 amide bonds.